The zero-order valence-electron chi connectivity index (χ0n) is 19.1. The van der Waals surface area contributed by atoms with Gasteiger partial charge in [-0.15, -0.1) is 0 Å². The molecule has 3 rings (SSSR count). The van der Waals surface area contributed by atoms with Gasteiger partial charge in [0.2, 0.25) is 0 Å². The lowest BCUT2D eigenvalue weighted by Crippen LogP contribution is -2.39. The van der Waals surface area contributed by atoms with Gasteiger partial charge in [0.05, 0.1) is 23.3 Å². The van der Waals surface area contributed by atoms with Crippen LogP contribution >= 0.6 is 0 Å². The molecule has 1 aliphatic carbocycles. The van der Waals surface area contributed by atoms with Crippen LogP contribution in [0, 0.1) is 5.92 Å². The van der Waals surface area contributed by atoms with Gasteiger partial charge >= 0.3 is 5.97 Å². The Labute approximate surface area is 194 Å². The first-order chi connectivity index (χ1) is 15.7. The Bertz CT molecular complexity index is 1080. The van der Waals surface area contributed by atoms with Gasteiger partial charge in [-0.3, -0.25) is 9.10 Å². The van der Waals surface area contributed by atoms with Crippen molar-refractivity contribution < 1.29 is 27.5 Å². The molecule has 0 atom stereocenters. The highest BCUT2D eigenvalue weighted by Crippen LogP contribution is 2.25. The summed E-state index contributed by atoms with van der Waals surface area (Å²) < 4.78 is 37.4. The van der Waals surface area contributed by atoms with Crippen LogP contribution in [0.3, 0.4) is 0 Å². The zero-order valence-corrected chi connectivity index (χ0v) is 19.9. The van der Waals surface area contributed by atoms with E-state index in [2.05, 4.69) is 12.2 Å². The number of amides is 1. The SMILES string of the molecule is COc1ccc(N(C)S(=O)(=O)c2cccc(C(=O)OCC(=O)NC3CCC(C)CC3)c2)cc1. The molecule has 0 heterocycles. The molecule has 1 aliphatic rings. The Morgan fingerprint density at radius 1 is 1.06 bits per heavy atom. The summed E-state index contributed by atoms with van der Waals surface area (Å²) in [7, 11) is -0.960. The topological polar surface area (TPSA) is 102 Å². The van der Waals surface area contributed by atoms with Crippen molar-refractivity contribution in [2.45, 2.75) is 43.5 Å². The van der Waals surface area contributed by atoms with Gasteiger partial charge in [-0.25, -0.2) is 13.2 Å². The number of benzene rings is 2. The first kappa shape index (κ1) is 24.6. The molecule has 0 spiro atoms. The van der Waals surface area contributed by atoms with Crippen molar-refractivity contribution in [3.8, 4) is 5.75 Å². The molecule has 1 saturated carbocycles. The van der Waals surface area contributed by atoms with Crippen LogP contribution < -0.4 is 14.4 Å². The lowest BCUT2D eigenvalue weighted by Gasteiger charge is -2.26. The molecule has 2 aromatic rings. The minimum atomic E-state index is -3.92. The Morgan fingerprint density at radius 3 is 2.36 bits per heavy atom. The second-order valence-electron chi connectivity index (χ2n) is 8.30. The third-order valence-electron chi connectivity index (χ3n) is 5.88. The lowest BCUT2D eigenvalue weighted by atomic mass is 9.87. The van der Waals surface area contributed by atoms with Crippen LogP contribution in [0.15, 0.2) is 53.4 Å². The number of esters is 1. The van der Waals surface area contributed by atoms with E-state index in [0.29, 0.717) is 17.4 Å². The Hall–Kier alpha value is -3.07. The molecule has 0 unspecified atom stereocenters. The normalized spacial score (nSPS) is 18.3. The highest BCUT2D eigenvalue weighted by Gasteiger charge is 2.24. The van der Waals surface area contributed by atoms with Gasteiger partial charge < -0.3 is 14.8 Å². The van der Waals surface area contributed by atoms with Crippen molar-refractivity contribution in [2.24, 2.45) is 5.92 Å². The van der Waals surface area contributed by atoms with Crippen LogP contribution in [0.1, 0.15) is 43.0 Å². The largest absolute Gasteiger partial charge is 0.497 e. The Kier molecular flexibility index (Phi) is 7.97. The summed E-state index contributed by atoms with van der Waals surface area (Å²) >= 11 is 0. The highest BCUT2D eigenvalue weighted by atomic mass is 32.2. The van der Waals surface area contributed by atoms with Crippen molar-refractivity contribution in [1.29, 1.82) is 0 Å². The fraction of sp³-hybridized carbons (Fsp3) is 0.417. The number of ether oxygens (including phenoxy) is 2. The van der Waals surface area contributed by atoms with Crippen LogP contribution in [0.2, 0.25) is 0 Å². The minimum Gasteiger partial charge on any atom is -0.497 e. The van der Waals surface area contributed by atoms with Crippen molar-refractivity contribution in [2.75, 3.05) is 25.1 Å². The van der Waals surface area contributed by atoms with E-state index in [1.165, 1.54) is 38.4 Å². The van der Waals surface area contributed by atoms with Gasteiger partial charge in [-0.05, 0) is 74.1 Å². The Balaban J connectivity index is 1.62. The molecule has 9 heteroatoms. The first-order valence-electron chi connectivity index (χ1n) is 10.9. The standard InChI is InChI=1S/C24H30N2O6S/c1-17-7-9-19(10-8-17)25-23(27)16-32-24(28)18-5-4-6-22(15-18)33(29,30)26(2)20-11-13-21(31-3)14-12-20/h4-6,11-15,17,19H,7-10,16H2,1-3H3,(H,25,27). The summed E-state index contributed by atoms with van der Waals surface area (Å²) in [6.45, 7) is 1.79. The monoisotopic (exact) mass is 474 g/mol. The summed E-state index contributed by atoms with van der Waals surface area (Å²) in [5, 5.41) is 2.90. The number of anilines is 1. The van der Waals surface area contributed by atoms with Crippen molar-refractivity contribution in [3.63, 3.8) is 0 Å². The van der Waals surface area contributed by atoms with Gasteiger partial charge in [0.15, 0.2) is 6.61 Å². The van der Waals surface area contributed by atoms with E-state index in [-0.39, 0.29) is 22.4 Å². The summed E-state index contributed by atoms with van der Waals surface area (Å²) in [6, 6.07) is 12.3. The molecular formula is C24H30N2O6S. The van der Waals surface area contributed by atoms with E-state index in [0.717, 1.165) is 30.0 Å². The molecule has 0 saturated heterocycles. The second-order valence-corrected chi connectivity index (χ2v) is 10.3. The quantitative estimate of drug-likeness (QED) is 0.589. The maximum Gasteiger partial charge on any atom is 0.338 e. The highest BCUT2D eigenvalue weighted by molar-refractivity contribution is 7.92. The number of nitrogens with one attached hydrogen (secondary N) is 1. The molecular weight excluding hydrogens is 444 g/mol. The van der Waals surface area contributed by atoms with E-state index in [9.17, 15) is 18.0 Å². The zero-order chi connectivity index (χ0) is 24.0. The number of rotatable bonds is 8. The number of hydrogen-bond donors (Lipinski definition) is 1. The molecule has 0 aromatic heterocycles. The van der Waals surface area contributed by atoms with E-state index in [4.69, 9.17) is 9.47 Å². The molecule has 178 valence electrons. The molecule has 0 aliphatic heterocycles. The molecule has 2 aromatic carbocycles. The summed E-state index contributed by atoms with van der Waals surface area (Å²) in [5.41, 5.74) is 0.496. The van der Waals surface area contributed by atoms with E-state index < -0.39 is 22.6 Å². The lowest BCUT2D eigenvalue weighted by molar-refractivity contribution is -0.125. The second kappa shape index (κ2) is 10.7. The van der Waals surface area contributed by atoms with Gasteiger partial charge in [-0.1, -0.05) is 13.0 Å². The average molecular weight is 475 g/mol. The van der Waals surface area contributed by atoms with Gasteiger partial charge in [-0.2, -0.15) is 0 Å². The van der Waals surface area contributed by atoms with Crippen molar-refractivity contribution >= 4 is 27.6 Å². The molecule has 8 nitrogen and oxygen atoms in total. The molecule has 0 radical (unpaired) electrons. The van der Waals surface area contributed by atoms with Crippen LogP contribution in [-0.2, 0) is 19.6 Å². The first-order valence-corrected chi connectivity index (χ1v) is 12.3. The molecule has 1 N–H and O–H groups in total. The van der Waals surface area contributed by atoms with Crippen LogP contribution in [0.25, 0.3) is 0 Å². The predicted molar refractivity (Wildman–Crippen MR) is 125 cm³/mol. The molecule has 1 amide bonds. The third-order valence-corrected chi connectivity index (χ3v) is 7.66. The predicted octanol–water partition coefficient (Wildman–Crippen LogP) is 3.37. The number of sulfonamides is 1. The van der Waals surface area contributed by atoms with Crippen LogP contribution in [0.5, 0.6) is 5.75 Å². The number of carbonyl (C=O) groups excluding carboxylic acids is 2. The third kappa shape index (κ3) is 6.25. The van der Waals surface area contributed by atoms with E-state index in [1.807, 2.05) is 0 Å². The van der Waals surface area contributed by atoms with Gasteiger partial charge in [0.1, 0.15) is 5.75 Å². The Morgan fingerprint density at radius 2 is 1.73 bits per heavy atom. The van der Waals surface area contributed by atoms with Crippen LogP contribution in [0.4, 0.5) is 5.69 Å². The number of carbonyl (C=O) groups is 2. The minimum absolute atomic E-state index is 0.0542. The maximum atomic E-state index is 13.1. The summed E-state index contributed by atoms with van der Waals surface area (Å²) in [6.07, 6.45) is 3.97. The van der Waals surface area contributed by atoms with E-state index in [1.54, 1.807) is 24.3 Å². The van der Waals surface area contributed by atoms with Crippen LogP contribution in [-0.4, -0.2) is 47.1 Å². The molecule has 0 bridgehead atoms. The summed E-state index contributed by atoms with van der Waals surface area (Å²) in [4.78, 5) is 24.5. The fourth-order valence-electron chi connectivity index (χ4n) is 3.76. The smallest absolute Gasteiger partial charge is 0.338 e. The summed E-state index contributed by atoms with van der Waals surface area (Å²) in [5.74, 6) is 0.164. The number of methoxy groups -OCH3 is 1. The fourth-order valence-corrected chi connectivity index (χ4v) is 5.00. The molecule has 33 heavy (non-hydrogen) atoms. The van der Waals surface area contributed by atoms with E-state index >= 15 is 0 Å². The van der Waals surface area contributed by atoms with Crippen molar-refractivity contribution in [3.05, 3.63) is 54.1 Å². The van der Waals surface area contributed by atoms with Crippen molar-refractivity contribution in [1.82, 2.24) is 5.32 Å². The molecule has 1 fully saturated rings. The van der Waals surface area contributed by atoms with Gasteiger partial charge in [0.25, 0.3) is 15.9 Å². The maximum absolute atomic E-state index is 13.1. The van der Waals surface area contributed by atoms with Gasteiger partial charge in [0, 0.05) is 13.1 Å². The average Bonchev–Trinajstić information content (AvgIpc) is 2.83. The number of hydrogen-bond acceptors (Lipinski definition) is 6. The number of nitrogens with zero attached hydrogens (tertiary/aromatic N) is 1.